The number of amides is 1. The molecule has 0 unspecified atom stereocenters. The van der Waals surface area contributed by atoms with Crippen molar-refractivity contribution < 1.29 is 27.2 Å². The maximum absolute atomic E-state index is 12.6. The van der Waals surface area contributed by atoms with E-state index in [0.29, 0.717) is 17.0 Å². The molecule has 0 radical (unpaired) electrons. The quantitative estimate of drug-likeness (QED) is 0.531. The number of benzene rings is 1. The summed E-state index contributed by atoms with van der Waals surface area (Å²) in [5, 5.41) is 9.81. The highest BCUT2D eigenvalue weighted by Crippen LogP contribution is 2.39. The second-order valence-electron chi connectivity index (χ2n) is 6.74. The number of fused-ring (bicyclic) bond motifs is 1. The number of methoxy groups -OCH3 is 1. The third-order valence-electron chi connectivity index (χ3n) is 4.63. The number of halogens is 1. The summed E-state index contributed by atoms with van der Waals surface area (Å²) in [6, 6.07) is 6.47. The Morgan fingerprint density at radius 2 is 2.10 bits per heavy atom. The summed E-state index contributed by atoms with van der Waals surface area (Å²) in [5.74, 6) is -2.36. The molecule has 12 heteroatoms. The van der Waals surface area contributed by atoms with E-state index in [9.17, 15) is 18.0 Å². The molecule has 0 spiro atoms. The summed E-state index contributed by atoms with van der Waals surface area (Å²) in [6.07, 6.45) is 2.42. The van der Waals surface area contributed by atoms with Crippen molar-refractivity contribution >= 4 is 49.7 Å². The Balaban J connectivity index is 1.52. The van der Waals surface area contributed by atoms with Gasteiger partial charge in [-0.1, -0.05) is 22.8 Å². The summed E-state index contributed by atoms with van der Waals surface area (Å²) < 4.78 is 35.2. The van der Waals surface area contributed by atoms with Gasteiger partial charge in [-0.3, -0.25) is 4.79 Å². The van der Waals surface area contributed by atoms with Gasteiger partial charge in [-0.15, -0.1) is 16.4 Å². The number of aromatic nitrogens is 2. The van der Waals surface area contributed by atoms with Crippen LogP contribution in [0.3, 0.4) is 0 Å². The fourth-order valence-corrected chi connectivity index (χ4v) is 5.68. The maximum atomic E-state index is 12.6. The van der Waals surface area contributed by atoms with Gasteiger partial charge in [0, 0.05) is 15.5 Å². The number of hydrogen-bond donors (Lipinski definition) is 1. The summed E-state index contributed by atoms with van der Waals surface area (Å²) in [5.41, 5.74) is 1.58. The van der Waals surface area contributed by atoms with E-state index in [1.165, 1.54) is 18.4 Å². The van der Waals surface area contributed by atoms with Crippen LogP contribution in [0.4, 0.5) is 5.00 Å². The highest BCUT2D eigenvalue weighted by Gasteiger charge is 2.30. The molecule has 0 aliphatic heterocycles. The number of sulfone groups is 1. The highest BCUT2D eigenvalue weighted by atomic mass is 35.5. The van der Waals surface area contributed by atoms with Gasteiger partial charge in [-0.05, 0) is 43.0 Å². The zero-order valence-electron chi connectivity index (χ0n) is 16.2. The van der Waals surface area contributed by atoms with Crippen LogP contribution in [0.15, 0.2) is 33.9 Å². The first-order valence-electron chi connectivity index (χ1n) is 9.13. The van der Waals surface area contributed by atoms with Crippen LogP contribution in [0.5, 0.6) is 0 Å². The molecule has 0 atom stereocenters. The zero-order chi connectivity index (χ0) is 22.2. The molecule has 1 aliphatic carbocycles. The monoisotopic (exact) mass is 481 g/mol. The zero-order valence-corrected chi connectivity index (χ0v) is 18.6. The van der Waals surface area contributed by atoms with Crippen LogP contribution in [0.25, 0.3) is 11.5 Å². The molecule has 31 heavy (non-hydrogen) atoms. The number of aryl methyl sites for hydroxylation is 1. The Bertz CT molecular complexity index is 1280. The summed E-state index contributed by atoms with van der Waals surface area (Å²) >= 11 is 7.17. The molecule has 1 N–H and O–H groups in total. The van der Waals surface area contributed by atoms with Crippen molar-refractivity contribution in [3.8, 4) is 11.5 Å². The smallest absolute Gasteiger partial charge is 0.341 e. The normalized spacial score (nSPS) is 13.1. The molecule has 1 amide bonds. The third kappa shape index (κ3) is 4.34. The number of ether oxygens (including phenoxy) is 1. The lowest BCUT2D eigenvalue weighted by Gasteiger charge is -2.06. The number of thiophene rings is 1. The van der Waals surface area contributed by atoms with Gasteiger partial charge in [-0.2, -0.15) is 0 Å². The van der Waals surface area contributed by atoms with Crippen LogP contribution >= 0.6 is 22.9 Å². The van der Waals surface area contributed by atoms with Crippen molar-refractivity contribution in [2.24, 2.45) is 0 Å². The fourth-order valence-electron chi connectivity index (χ4n) is 3.28. The molecule has 9 nitrogen and oxygen atoms in total. The van der Waals surface area contributed by atoms with Crippen molar-refractivity contribution in [3.63, 3.8) is 0 Å². The molecule has 1 aromatic carbocycles. The number of rotatable bonds is 6. The van der Waals surface area contributed by atoms with Crippen LogP contribution in [-0.2, 0) is 32.2 Å². The SMILES string of the molecule is COC(=O)c1c(NC(=O)CS(=O)(=O)c2nnc(-c3cccc(Cl)c3)o2)sc2c1CCC2. The Morgan fingerprint density at radius 3 is 2.84 bits per heavy atom. The largest absolute Gasteiger partial charge is 0.465 e. The third-order valence-corrected chi connectivity index (χ3v) is 7.41. The Labute approximate surface area is 186 Å². The second-order valence-corrected chi connectivity index (χ2v) is 10.2. The lowest BCUT2D eigenvalue weighted by molar-refractivity contribution is -0.113. The number of nitrogens with zero attached hydrogens (tertiary/aromatic N) is 2. The average Bonchev–Trinajstić information content (AvgIpc) is 3.43. The average molecular weight is 482 g/mol. The van der Waals surface area contributed by atoms with Crippen molar-refractivity contribution in [1.82, 2.24) is 10.2 Å². The minimum Gasteiger partial charge on any atom is -0.465 e. The lowest BCUT2D eigenvalue weighted by Crippen LogP contribution is -2.24. The minimum absolute atomic E-state index is 0.0378. The number of anilines is 1. The predicted octanol–water partition coefficient (Wildman–Crippen LogP) is 3.14. The molecular formula is C19H16ClN3O6S2. The van der Waals surface area contributed by atoms with Gasteiger partial charge in [-0.25, -0.2) is 13.2 Å². The van der Waals surface area contributed by atoms with Gasteiger partial charge >= 0.3 is 11.2 Å². The van der Waals surface area contributed by atoms with E-state index in [-0.39, 0.29) is 16.5 Å². The van der Waals surface area contributed by atoms with Crippen LogP contribution in [0.1, 0.15) is 27.2 Å². The fraction of sp³-hybridized carbons (Fsp3) is 0.263. The summed E-state index contributed by atoms with van der Waals surface area (Å²) in [6.45, 7) is 0. The molecule has 2 heterocycles. The van der Waals surface area contributed by atoms with E-state index in [1.807, 2.05) is 0 Å². The molecule has 0 saturated carbocycles. The Morgan fingerprint density at radius 1 is 1.29 bits per heavy atom. The van der Waals surface area contributed by atoms with Crippen LogP contribution in [0, 0.1) is 0 Å². The summed E-state index contributed by atoms with van der Waals surface area (Å²) in [7, 11) is -2.95. The molecule has 4 rings (SSSR count). The standard InChI is InChI=1S/C19H16ClN3O6S2/c1-28-18(25)15-12-6-3-7-13(12)30-17(15)21-14(24)9-31(26,27)19-23-22-16(29-19)10-4-2-5-11(20)8-10/h2,4-5,8H,3,6-7,9H2,1H3,(H,21,24). The predicted molar refractivity (Wildman–Crippen MR) is 113 cm³/mol. The second kappa shape index (κ2) is 8.40. The van der Waals surface area contributed by atoms with E-state index in [1.54, 1.807) is 24.3 Å². The van der Waals surface area contributed by atoms with E-state index in [4.69, 9.17) is 20.8 Å². The minimum atomic E-state index is -4.21. The van der Waals surface area contributed by atoms with E-state index in [0.717, 1.165) is 23.3 Å². The van der Waals surface area contributed by atoms with E-state index >= 15 is 0 Å². The molecule has 3 aromatic rings. The van der Waals surface area contributed by atoms with Crippen molar-refractivity contribution in [3.05, 3.63) is 45.3 Å². The van der Waals surface area contributed by atoms with Crippen LogP contribution in [-0.4, -0.2) is 43.4 Å². The number of hydrogen-bond acceptors (Lipinski definition) is 9. The molecule has 0 bridgehead atoms. The van der Waals surface area contributed by atoms with Gasteiger partial charge in [0.2, 0.25) is 21.6 Å². The highest BCUT2D eigenvalue weighted by molar-refractivity contribution is 7.91. The number of carbonyl (C=O) groups is 2. The van der Waals surface area contributed by atoms with Gasteiger partial charge in [0.15, 0.2) is 0 Å². The van der Waals surface area contributed by atoms with Gasteiger partial charge in [0.1, 0.15) is 10.8 Å². The van der Waals surface area contributed by atoms with E-state index in [2.05, 4.69) is 15.5 Å². The first kappa shape index (κ1) is 21.5. The van der Waals surface area contributed by atoms with Gasteiger partial charge < -0.3 is 14.5 Å². The van der Waals surface area contributed by atoms with Gasteiger partial charge in [0.25, 0.3) is 0 Å². The number of carbonyl (C=O) groups excluding carboxylic acids is 2. The molecule has 0 saturated heterocycles. The van der Waals surface area contributed by atoms with Crippen molar-refractivity contribution in [2.75, 3.05) is 18.2 Å². The van der Waals surface area contributed by atoms with Crippen LogP contribution < -0.4 is 5.32 Å². The molecular weight excluding hydrogens is 466 g/mol. The first-order valence-corrected chi connectivity index (χ1v) is 12.0. The van der Waals surface area contributed by atoms with Crippen LogP contribution in [0.2, 0.25) is 5.02 Å². The molecule has 162 valence electrons. The lowest BCUT2D eigenvalue weighted by atomic mass is 10.1. The topological polar surface area (TPSA) is 128 Å². The van der Waals surface area contributed by atoms with Crippen molar-refractivity contribution in [1.29, 1.82) is 0 Å². The van der Waals surface area contributed by atoms with Crippen molar-refractivity contribution in [2.45, 2.75) is 24.5 Å². The first-order chi connectivity index (χ1) is 14.8. The Kier molecular flexibility index (Phi) is 5.82. The number of nitrogens with one attached hydrogen (secondary N) is 1. The molecule has 2 aromatic heterocycles. The maximum Gasteiger partial charge on any atom is 0.341 e. The van der Waals surface area contributed by atoms with Gasteiger partial charge in [0.05, 0.1) is 12.7 Å². The number of esters is 1. The molecule has 0 fully saturated rings. The summed E-state index contributed by atoms with van der Waals surface area (Å²) in [4.78, 5) is 25.6. The Hall–Kier alpha value is -2.76. The molecule has 1 aliphatic rings. The van der Waals surface area contributed by atoms with E-state index < -0.39 is 32.7 Å².